The largest absolute Gasteiger partial charge is 1.00 e. The monoisotopic (exact) mass is 680 g/mol. The molecule has 0 amide bonds. The number of benzene rings is 4. The van der Waals surface area contributed by atoms with Gasteiger partial charge < -0.3 is 40.1 Å². The molecule has 31 heavy (non-hydrogen) atoms. The van der Waals surface area contributed by atoms with Crippen molar-refractivity contribution >= 4 is 0 Å². The van der Waals surface area contributed by atoms with Gasteiger partial charge in [-0.2, -0.15) is 0 Å². The fourth-order valence-electron chi connectivity index (χ4n) is 2.24. The molecule has 0 unspecified atom stereocenters. The first-order chi connectivity index (χ1) is 14.1. The van der Waals surface area contributed by atoms with Crippen molar-refractivity contribution in [1.29, 1.82) is 0 Å². The van der Waals surface area contributed by atoms with Crippen molar-refractivity contribution in [2.45, 2.75) is 0 Å². The standard InChI is InChI=1S/C12H9IO2.C12H9IO.2ClH/c14-11-5-1-9(2-6-11)13-10-3-7-12(15)8-4-10;14-12-8-6-11(7-9-12)13-10-4-2-1-3-5-10;;/h1-8H,(H-,14,15);1-9H;2*1H. The average Bonchev–Trinajstić information content (AvgIpc) is 2.74. The molecule has 0 aliphatic rings. The van der Waals surface area contributed by atoms with Crippen LogP contribution in [-0.4, -0.2) is 15.3 Å². The molecule has 0 saturated carbocycles. The van der Waals surface area contributed by atoms with Crippen LogP contribution in [0.15, 0.2) is 103 Å². The SMILES string of the molecule is Oc1ccc([I+]c2ccc(O)cc2)cc1.Oc1ccc([I+]c2ccccc2)cc1.[Cl-].[Cl-]. The van der Waals surface area contributed by atoms with Crippen molar-refractivity contribution in [3.05, 3.63) is 117 Å². The lowest BCUT2D eigenvalue weighted by Crippen LogP contribution is -3.61. The van der Waals surface area contributed by atoms with Gasteiger partial charge in [0, 0.05) is 0 Å². The van der Waals surface area contributed by atoms with Gasteiger partial charge in [-0.25, -0.2) is 0 Å². The van der Waals surface area contributed by atoms with Gasteiger partial charge in [0.1, 0.15) is 17.2 Å². The topological polar surface area (TPSA) is 60.7 Å². The summed E-state index contributed by atoms with van der Waals surface area (Å²) in [5.41, 5.74) is 0. The molecule has 0 aliphatic heterocycles. The van der Waals surface area contributed by atoms with Gasteiger partial charge in [0.2, 0.25) is 0 Å². The number of phenolic OH excluding ortho intramolecular Hbond substituents is 3. The van der Waals surface area contributed by atoms with E-state index in [1.54, 1.807) is 36.4 Å². The Morgan fingerprint density at radius 1 is 0.355 bits per heavy atom. The second-order valence-electron chi connectivity index (χ2n) is 5.91. The van der Waals surface area contributed by atoms with Crippen molar-refractivity contribution in [3.8, 4) is 17.2 Å². The second-order valence-corrected chi connectivity index (χ2v) is 12.0. The van der Waals surface area contributed by atoms with E-state index in [2.05, 4.69) is 24.3 Å². The van der Waals surface area contributed by atoms with Crippen LogP contribution in [0.4, 0.5) is 0 Å². The number of hydrogen-bond donors (Lipinski definition) is 3. The molecule has 4 aromatic carbocycles. The van der Waals surface area contributed by atoms with Crippen LogP contribution in [0.5, 0.6) is 17.2 Å². The molecule has 3 nitrogen and oxygen atoms in total. The zero-order chi connectivity index (χ0) is 20.5. The molecule has 7 heteroatoms. The maximum atomic E-state index is 9.14. The molecule has 0 aliphatic carbocycles. The minimum Gasteiger partial charge on any atom is -1.00 e. The van der Waals surface area contributed by atoms with Crippen molar-refractivity contribution in [2.75, 3.05) is 0 Å². The number of phenols is 3. The highest BCUT2D eigenvalue weighted by atomic mass is 127. The highest BCUT2D eigenvalue weighted by molar-refractivity contribution is 5.20. The van der Waals surface area contributed by atoms with Crippen LogP contribution in [0.2, 0.25) is 0 Å². The lowest BCUT2D eigenvalue weighted by atomic mass is 10.3. The van der Waals surface area contributed by atoms with Crippen LogP contribution < -0.4 is 67.2 Å². The van der Waals surface area contributed by atoms with Gasteiger partial charge in [-0.05, 0) is 84.9 Å². The van der Waals surface area contributed by atoms with Crippen molar-refractivity contribution in [2.24, 2.45) is 0 Å². The molecule has 4 rings (SSSR count). The van der Waals surface area contributed by atoms with E-state index < -0.39 is 0 Å². The van der Waals surface area contributed by atoms with E-state index in [1.807, 2.05) is 42.5 Å². The second kappa shape index (κ2) is 14.4. The maximum absolute atomic E-state index is 9.14. The Hall–Kier alpha value is -1.68. The number of halogens is 4. The first-order valence-electron chi connectivity index (χ1n) is 8.80. The Morgan fingerprint density at radius 3 is 0.903 bits per heavy atom. The third kappa shape index (κ3) is 9.99. The maximum Gasteiger partial charge on any atom is 0.357 e. The molecule has 0 fully saturated rings. The third-order valence-electron chi connectivity index (χ3n) is 3.65. The summed E-state index contributed by atoms with van der Waals surface area (Å²) in [7, 11) is 0. The highest BCUT2D eigenvalue weighted by Gasteiger charge is 2.15. The number of hydrogen-bond acceptors (Lipinski definition) is 3. The molecule has 0 heterocycles. The smallest absolute Gasteiger partial charge is 0.357 e. The molecule has 0 saturated heterocycles. The third-order valence-corrected chi connectivity index (χ3v) is 9.02. The van der Waals surface area contributed by atoms with E-state index >= 15 is 0 Å². The minimum atomic E-state index is -0.219. The summed E-state index contributed by atoms with van der Waals surface area (Å²) in [5.74, 6) is 0.938. The lowest BCUT2D eigenvalue weighted by molar-refractivity contribution is -0.597. The summed E-state index contributed by atoms with van der Waals surface area (Å²) >= 11 is -0.314. The first-order valence-corrected chi connectivity index (χ1v) is 13.1. The van der Waals surface area contributed by atoms with Crippen LogP contribution >= 0.6 is 0 Å². The number of rotatable bonds is 4. The molecule has 0 spiro atoms. The zero-order valence-corrected chi connectivity index (χ0v) is 22.0. The van der Waals surface area contributed by atoms with Gasteiger partial charge in [0.05, 0.1) is 0 Å². The molecule has 4 aromatic rings. The van der Waals surface area contributed by atoms with E-state index in [0.29, 0.717) is 17.2 Å². The van der Waals surface area contributed by atoms with Gasteiger partial charge in [-0.3, -0.25) is 0 Å². The van der Waals surface area contributed by atoms with E-state index in [1.165, 1.54) is 14.3 Å². The van der Waals surface area contributed by atoms with Crippen LogP contribution in [0, 0.1) is 14.3 Å². The van der Waals surface area contributed by atoms with Gasteiger partial charge in [-0.1, -0.05) is 18.2 Å². The van der Waals surface area contributed by atoms with Gasteiger partial charge >= 0.3 is 42.4 Å². The molecule has 0 radical (unpaired) electrons. The van der Waals surface area contributed by atoms with Crippen LogP contribution in [0.3, 0.4) is 0 Å². The molecule has 0 aromatic heterocycles. The molecule has 0 bridgehead atoms. The van der Waals surface area contributed by atoms with E-state index in [0.717, 1.165) is 0 Å². The van der Waals surface area contributed by atoms with E-state index in [-0.39, 0.29) is 67.2 Å². The molecule has 0 atom stereocenters. The molecular weight excluding hydrogens is 661 g/mol. The van der Waals surface area contributed by atoms with Gasteiger partial charge in [0.25, 0.3) is 0 Å². The van der Waals surface area contributed by atoms with Crippen molar-refractivity contribution in [3.63, 3.8) is 0 Å². The van der Waals surface area contributed by atoms with E-state index in [4.69, 9.17) is 15.3 Å². The van der Waals surface area contributed by atoms with Crippen LogP contribution in [-0.2, 0) is 0 Å². The Morgan fingerprint density at radius 2 is 0.613 bits per heavy atom. The Balaban J connectivity index is 0.000000292. The first kappa shape index (κ1) is 27.4. The summed E-state index contributed by atoms with van der Waals surface area (Å²) in [6.07, 6.45) is 0. The van der Waals surface area contributed by atoms with E-state index in [9.17, 15) is 0 Å². The van der Waals surface area contributed by atoms with Gasteiger partial charge in [-0.15, -0.1) is 0 Å². The van der Waals surface area contributed by atoms with Crippen molar-refractivity contribution < 1.29 is 82.5 Å². The summed E-state index contributed by atoms with van der Waals surface area (Å²) in [6.45, 7) is 0. The van der Waals surface area contributed by atoms with Gasteiger partial charge in [0.15, 0.2) is 14.3 Å². The number of aromatic hydroxyl groups is 3. The van der Waals surface area contributed by atoms with Crippen molar-refractivity contribution in [1.82, 2.24) is 0 Å². The fraction of sp³-hybridized carbons (Fsp3) is 0. The molecular formula is C24H20Cl2I2O3. The Labute approximate surface area is 215 Å². The predicted octanol–water partition coefficient (Wildman–Crippen LogP) is -7.25. The van der Waals surface area contributed by atoms with Crippen LogP contribution in [0.25, 0.3) is 0 Å². The fourth-order valence-corrected chi connectivity index (χ4v) is 6.61. The Kier molecular flexibility index (Phi) is 12.7. The Bertz CT molecular complexity index is 968. The van der Waals surface area contributed by atoms with Crippen LogP contribution in [0.1, 0.15) is 0 Å². The summed E-state index contributed by atoms with van der Waals surface area (Å²) < 4.78 is 5.22. The minimum absolute atomic E-state index is 0. The lowest BCUT2D eigenvalue weighted by Gasteiger charge is -1.90. The zero-order valence-electron chi connectivity index (χ0n) is 16.2. The quantitative estimate of drug-likeness (QED) is 0.188. The normalized spacial score (nSPS) is 9.42. The summed E-state index contributed by atoms with van der Waals surface area (Å²) in [5, 5.41) is 27.4. The molecule has 162 valence electrons. The summed E-state index contributed by atoms with van der Waals surface area (Å²) in [4.78, 5) is 0. The average molecular weight is 681 g/mol. The summed E-state index contributed by atoms with van der Waals surface area (Å²) in [6, 6.07) is 32.5. The predicted molar refractivity (Wildman–Crippen MR) is 106 cm³/mol. The molecule has 3 N–H and O–H groups in total. The highest BCUT2D eigenvalue weighted by Crippen LogP contribution is 2.05.